The van der Waals surface area contributed by atoms with Crippen LogP contribution in [0.4, 0.5) is 4.39 Å². The fourth-order valence-electron chi connectivity index (χ4n) is 5.66. The first-order valence-electron chi connectivity index (χ1n) is 13.2. The average molecular weight is 436 g/mol. The van der Waals surface area contributed by atoms with Crippen molar-refractivity contribution in [1.82, 2.24) is 0 Å². The molecule has 0 unspecified atom stereocenters. The van der Waals surface area contributed by atoms with Gasteiger partial charge in [-0.05, 0) is 118 Å². The van der Waals surface area contributed by atoms with E-state index in [4.69, 9.17) is 5.26 Å². The molecule has 0 N–H and O–H groups in total. The number of nitriles is 1. The van der Waals surface area contributed by atoms with Gasteiger partial charge in [0.25, 0.3) is 0 Å². The number of unbranched alkanes of at least 4 members (excludes halogenated alkanes) is 2. The smallest absolute Gasteiger partial charge is 0.195 e. The highest BCUT2D eigenvalue weighted by Gasteiger charge is 2.22. The third-order valence-corrected chi connectivity index (χ3v) is 7.84. The third-order valence-electron chi connectivity index (χ3n) is 7.84. The number of allylic oxidation sites excluding steroid dienone is 4. The van der Waals surface area contributed by atoms with E-state index in [1.165, 1.54) is 88.7 Å². The Hall–Kier alpha value is -1.88. The molecule has 174 valence electrons. The predicted molar refractivity (Wildman–Crippen MR) is 133 cm³/mol. The molecule has 0 aliphatic heterocycles. The average Bonchev–Trinajstić information content (AvgIpc) is 2.84. The molecule has 2 fully saturated rings. The van der Waals surface area contributed by atoms with Gasteiger partial charge in [0, 0.05) is 0 Å². The third kappa shape index (κ3) is 8.23. The van der Waals surface area contributed by atoms with Gasteiger partial charge in [-0.2, -0.15) is 9.65 Å². The second-order valence-corrected chi connectivity index (χ2v) is 10.2. The van der Waals surface area contributed by atoms with Crippen molar-refractivity contribution in [3.05, 3.63) is 59.4 Å². The molecule has 0 heterocycles. The summed E-state index contributed by atoms with van der Waals surface area (Å²) in [5.41, 5.74) is 3.05. The fraction of sp³-hybridized carbons (Fsp3) is 0.633. The summed E-state index contributed by atoms with van der Waals surface area (Å²) in [7, 11) is 0. The Labute approximate surface area is 195 Å². The largest absolute Gasteiger partial charge is 0.196 e. The Kier molecular flexibility index (Phi) is 10.5. The summed E-state index contributed by atoms with van der Waals surface area (Å²) in [5, 5.41) is 8.49. The first-order valence-corrected chi connectivity index (χ1v) is 13.2. The number of aryl methyl sites for hydroxylation is 1. The topological polar surface area (TPSA) is 23.8 Å². The van der Waals surface area contributed by atoms with E-state index in [1.54, 1.807) is 11.6 Å². The van der Waals surface area contributed by atoms with Crippen LogP contribution < -0.4 is 0 Å². The molecule has 2 aliphatic rings. The molecule has 0 bridgehead atoms. The molecule has 2 saturated carbocycles. The molecular formula is C30H42FN. The van der Waals surface area contributed by atoms with Crippen LogP contribution in [-0.2, 0) is 6.42 Å². The van der Waals surface area contributed by atoms with Gasteiger partial charge in [-0.15, -0.1) is 0 Å². The molecule has 0 aromatic heterocycles. The molecule has 1 nitrogen and oxygen atoms in total. The van der Waals surface area contributed by atoms with Crippen LogP contribution in [-0.4, -0.2) is 0 Å². The van der Waals surface area contributed by atoms with E-state index in [-0.39, 0.29) is 0 Å². The van der Waals surface area contributed by atoms with Crippen LogP contribution in [0.3, 0.4) is 0 Å². The second kappa shape index (κ2) is 13.6. The summed E-state index contributed by atoms with van der Waals surface area (Å²) in [6.45, 7) is 2.27. The van der Waals surface area contributed by atoms with E-state index < -0.39 is 5.83 Å². The van der Waals surface area contributed by atoms with Crippen LogP contribution >= 0.6 is 0 Å². The Morgan fingerprint density at radius 2 is 1.56 bits per heavy atom. The predicted octanol–water partition coefficient (Wildman–Crippen LogP) is 9.21. The van der Waals surface area contributed by atoms with Crippen LogP contribution in [0.25, 0.3) is 0 Å². The van der Waals surface area contributed by atoms with E-state index in [0.29, 0.717) is 12.3 Å². The summed E-state index contributed by atoms with van der Waals surface area (Å²) in [6, 6.07) is 11.1. The SMILES string of the molecule is CCCCCc1ccc([C@H]2CC[C@H](C=C[C@H]3CC[C@H](CCC=C(F)C#N)CC3)CC2)cc1. The van der Waals surface area contributed by atoms with Crippen molar-refractivity contribution < 1.29 is 4.39 Å². The fourth-order valence-corrected chi connectivity index (χ4v) is 5.66. The molecule has 2 aliphatic carbocycles. The number of halogens is 1. The van der Waals surface area contributed by atoms with Gasteiger partial charge < -0.3 is 0 Å². The van der Waals surface area contributed by atoms with Crippen molar-refractivity contribution >= 4 is 0 Å². The van der Waals surface area contributed by atoms with Gasteiger partial charge in [-0.25, -0.2) is 0 Å². The van der Waals surface area contributed by atoms with Gasteiger partial charge in [-0.3, -0.25) is 0 Å². The van der Waals surface area contributed by atoms with Crippen molar-refractivity contribution in [2.24, 2.45) is 17.8 Å². The van der Waals surface area contributed by atoms with Gasteiger partial charge in [0.05, 0.1) is 0 Å². The lowest BCUT2D eigenvalue weighted by atomic mass is 9.76. The maximum absolute atomic E-state index is 12.9. The maximum atomic E-state index is 12.9. The number of benzene rings is 1. The van der Waals surface area contributed by atoms with Crippen molar-refractivity contribution in [2.75, 3.05) is 0 Å². The summed E-state index contributed by atoms with van der Waals surface area (Å²) >= 11 is 0. The van der Waals surface area contributed by atoms with E-state index in [0.717, 1.165) is 24.2 Å². The molecule has 2 heteroatoms. The zero-order valence-corrected chi connectivity index (χ0v) is 20.1. The summed E-state index contributed by atoms with van der Waals surface area (Å²) in [5.74, 6) is 2.32. The molecule has 0 saturated heterocycles. The lowest BCUT2D eigenvalue weighted by molar-refractivity contribution is 0.295. The van der Waals surface area contributed by atoms with Crippen molar-refractivity contribution in [3.63, 3.8) is 0 Å². The molecule has 1 aromatic rings. The summed E-state index contributed by atoms with van der Waals surface area (Å²) < 4.78 is 12.9. The quantitative estimate of drug-likeness (QED) is 0.204. The van der Waals surface area contributed by atoms with Crippen molar-refractivity contribution in [2.45, 2.75) is 103 Å². The highest BCUT2D eigenvalue weighted by Crippen LogP contribution is 2.38. The van der Waals surface area contributed by atoms with Crippen LogP contribution in [0.15, 0.2) is 48.3 Å². The molecule has 3 rings (SSSR count). The standard InChI is InChI=1S/C30H42FN/c1-2-3-4-6-24-15-19-28(20-16-24)29-21-17-27(18-22-29)14-13-26-11-9-25(10-12-26)7-5-8-30(31)23-32/h8,13-16,19-20,25-27,29H,2-7,9-12,17-18,21-22H2,1H3/t25-,26-,27-,29-. The van der Waals surface area contributed by atoms with Crippen LogP contribution in [0.1, 0.15) is 107 Å². The molecule has 0 atom stereocenters. The first kappa shape index (κ1) is 24.8. The molecular weight excluding hydrogens is 393 g/mol. The Morgan fingerprint density at radius 1 is 0.938 bits per heavy atom. The van der Waals surface area contributed by atoms with E-state index in [2.05, 4.69) is 43.3 Å². The van der Waals surface area contributed by atoms with Gasteiger partial charge in [0.1, 0.15) is 6.07 Å². The summed E-state index contributed by atoms with van der Waals surface area (Å²) in [4.78, 5) is 0. The zero-order chi connectivity index (χ0) is 22.6. The molecule has 0 radical (unpaired) electrons. The Bertz CT molecular complexity index is 753. The minimum atomic E-state index is -0.629. The van der Waals surface area contributed by atoms with Crippen molar-refractivity contribution in [3.8, 4) is 6.07 Å². The maximum Gasteiger partial charge on any atom is 0.196 e. The summed E-state index contributed by atoms with van der Waals surface area (Å²) in [6.07, 6.45) is 23.7. The minimum Gasteiger partial charge on any atom is -0.195 e. The van der Waals surface area contributed by atoms with Gasteiger partial charge in [0.2, 0.25) is 0 Å². The number of hydrogen-bond donors (Lipinski definition) is 0. The Morgan fingerprint density at radius 3 is 2.16 bits per heavy atom. The lowest BCUT2D eigenvalue weighted by Crippen LogP contribution is -2.14. The highest BCUT2D eigenvalue weighted by atomic mass is 19.1. The number of rotatable bonds is 10. The first-order chi connectivity index (χ1) is 15.7. The van der Waals surface area contributed by atoms with Gasteiger partial charge in [-0.1, -0.05) is 56.2 Å². The molecule has 32 heavy (non-hydrogen) atoms. The van der Waals surface area contributed by atoms with Gasteiger partial charge >= 0.3 is 0 Å². The van der Waals surface area contributed by atoms with Crippen LogP contribution in [0.5, 0.6) is 0 Å². The van der Waals surface area contributed by atoms with Crippen molar-refractivity contribution in [1.29, 1.82) is 5.26 Å². The van der Waals surface area contributed by atoms with E-state index in [1.807, 2.05) is 0 Å². The monoisotopic (exact) mass is 435 g/mol. The normalized spacial score (nSPS) is 26.8. The zero-order valence-electron chi connectivity index (χ0n) is 20.1. The van der Waals surface area contributed by atoms with Gasteiger partial charge in [0.15, 0.2) is 5.83 Å². The number of nitrogens with zero attached hydrogens (tertiary/aromatic N) is 1. The van der Waals surface area contributed by atoms with Crippen LogP contribution in [0.2, 0.25) is 0 Å². The second-order valence-electron chi connectivity index (χ2n) is 10.2. The Balaban J connectivity index is 1.34. The number of hydrogen-bond acceptors (Lipinski definition) is 1. The highest BCUT2D eigenvalue weighted by molar-refractivity contribution is 5.26. The molecule has 1 aromatic carbocycles. The molecule has 0 amide bonds. The lowest BCUT2D eigenvalue weighted by Gasteiger charge is -2.29. The molecule has 0 spiro atoms. The minimum absolute atomic E-state index is 0.629. The van der Waals surface area contributed by atoms with E-state index in [9.17, 15) is 4.39 Å². The van der Waals surface area contributed by atoms with Crippen LogP contribution in [0, 0.1) is 29.1 Å². The van der Waals surface area contributed by atoms with E-state index >= 15 is 0 Å².